The van der Waals surface area contributed by atoms with E-state index in [-0.39, 0.29) is 0 Å². The van der Waals surface area contributed by atoms with E-state index in [0.717, 1.165) is 6.42 Å². The van der Waals surface area contributed by atoms with Crippen molar-refractivity contribution in [3.63, 3.8) is 0 Å². The first kappa shape index (κ1) is 11.6. The van der Waals surface area contributed by atoms with Crippen LogP contribution in [0.25, 0.3) is 10.1 Å². The number of benzene rings is 1. The van der Waals surface area contributed by atoms with Crippen LogP contribution in [0.15, 0.2) is 12.1 Å². The van der Waals surface area contributed by atoms with Crippen molar-refractivity contribution < 1.29 is 0 Å². The Balaban J connectivity index is 2.78. The zero-order valence-electron chi connectivity index (χ0n) is 10.3. The minimum absolute atomic E-state index is 0.674. The van der Waals surface area contributed by atoms with Gasteiger partial charge in [-0.25, -0.2) is 0 Å². The van der Waals surface area contributed by atoms with Crippen LogP contribution >= 0.6 is 11.3 Å². The second-order valence-electron chi connectivity index (χ2n) is 4.36. The predicted octanol–water partition coefficient (Wildman–Crippen LogP) is 3.93. The van der Waals surface area contributed by atoms with Crippen LogP contribution in [0.2, 0.25) is 0 Å². The van der Waals surface area contributed by atoms with E-state index in [1.807, 2.05) is 11.3 Å². The van der Waals surface area contributed by atoms with Gasteiger partial charge in [-0.3, -0.25) is 0 Å². The summed E-state index contributed by atoms with van der Waals surface area (Å²) in [5.41, 5.74) is 10.1. The summed E-state index contributed by atoms with van der Waals surface area (Å²) < 4.78 is 1.43. The van der Waals surface area contributed by atoms with E-state index in [9.17, 15) is 0 Å². The van der Waals surface area contributed by atoms with Crippen LogP contribution in [0, 0.1) is 13.8 Å². The lowest BCUT2D eigenvalue weighted by atomic mass is 10.0. The van der Waals surface area contributed by atoms with Gasteiger partial charge in [-0.05, 0) is 42.3 Å². The molecule has 0 saturated heterocycles. The number of hydrogen-bond donors (Lipinski definition) is 1. The lowest BCUT2D eigenvalue weighted by Gasteiger charge is -2.04. The van der Waals surface area contributed by atoms with E-state index in [0.29, 0.717) is 6.54 Å². The molecule has 2 rings (SSSR count). The van der Waals surface area contributed by atoms with E-state index in [2.05, 4.69) is 32.9 Å². The van der Waals surface area contributed by atoms with Crippen molar-refractivity contribution in [1.82, 2.24) is 0 Å². The number of fused-ring (bicyclic) bond motifs is 1. The molecule has 2 aromatic rings. The first-order valence-electron chi connectivity index (χ1n) is 5.89. The third-order valence-corrected chi connectivity index (χ3v) is 4.50. The average Bonchev–Trinajstić information content (AvgIpc) is 2.64. The summed E-state index contributed by atoms with van der Waals surface area (Å²) in [4.78, 5) is 1.37. The van der Waals surface area contributed by atoms with Crippen molar-refractivity contribution in [2.75, 3.05) is 0 Å². The first-order valence-corrected chi connectivity index (χ1v) is 6.71. The molecule has 0 amide bonds. The second kappa shape index (κ2) is 4.56. The topological polar surface area (TPSA) is 26.0 Å². The maximum atomic E-state index is 5.86. The molecular weight excluding hydrogens is 214 g/mol. The minimum atomic E-state index is 0.674. The third-order valence-electron chi connectivity index (χ3n) is 3.11. The molecule has 0 radical (unpaired) electrons. The fourth-order valence-corrected chi connectivity index (χ4v) is 3.57. The quantitative estimate of drug-likeness (QED) is 0.854. The fourth-order valence-electron chi connectivity index (χ4n) is 2.30. The van der Waals surface area contributed by atoms with Crippen LogP contribution in [-0.4, -0.2) is 0 Å². The van der Waals surface area contributed by atoms with Gasteiger partial charge in [-0.2, -0.15) is 0 Å². The molecule has 1 heterocycles. The van der Waals surface area contributed by atoms with E-state index in [1.54, 1.807) is 0 Å². The Morgan fingerprint density at radius 1 is 1.19 bits per heavy atom. The van der Waals surface area contributed by atoms with Gasteiger partial charge in [-0.15, -0.1) is 11.3 Å². The van der Waals surface area contributed by atoms with Crippen molar-refractivity contribution in [3.05, 3.63) is 33.7 Å². The zero-order chi connectivity index (χ0) is 11.7. The summed E-state index contributed by atoms with van der Waals surface area (Å²) >= 11 is 1.88. The number of thiophene rings is 1. The molecule has 0 saturated carbocycles. The Morgan fingerprint density at radius 2 is 1.88 bits per heavy atom. The first-order chi connectivity index (χ1) is 7.69. The molecule has 0 spiro atoms. The van der Waals surface area contributed by atoms with Crippen molar-refractivity contribution in [3.8, 4) is 0 Å². The van der Waals surface area contributed by atoms with Crippen LogP contribution in [0.1, 0.15) is 34.9 Å². The Hall–Kier alpha value is -0.860. The monoisotopic (exact) mass is 233 g/mol. The second-order valence-corrected chi connectivity index (χ2v) is 5.47. The molecular formula is C14H19NS. The molecule has 1 nitrogen and oxygen atoms in total. The van der Waals surface area contributed by atoms with Gasteiger partial charge < -0.3 is 5.73 Å². The molecule has 2 N–H and O–H groups in total. The average molecular weight is 233 g/mol. The lowest BCUT2D eigenvalue weighted by molar-refractivity contribution is 0.912. The summed E-state index contributed by atoms with van der Waals surface area (Å²) in [5.74, 6) is 0. The molecule has 0 aliphatic carbocycles. The molecule has 0 atom stereocenters. The molecule has 16 heavy (non-hydrogen) atoms. The summed E-state index contributed by atoms with van der Waals surface area (Å²) in [5, 5.41) is 1.47. The summed E-state index contributed by atoms with van der Waals surface area (Å²) in [6.07, 6.45) is 2.34. The summed E-state index contributed by atoms with van der Waals surface area (Å²) in [7, 11) is 0. The van der Waals surface area contributed by atoms with E-state index >= 15 is 0 Å². The van der Waals surface area contributed by atoms with Crippen LogP contribution in [0.5, 0.6) is 0 Å². The van der Waals surface area contributed by atoms with Gasteiger partial charge in [0.05, 0.1) is 0 Å². The number of nitrogens with two attached hydrogens (primary N) is 1. The summed E-state index contributed by atoms with van der Waals surface area (Å²) in [6.45, 7) is 7.30. The fraction of sp³-hybridized carbons (Fsp3) is 0.429. The van der Waals surface area contributed by atoms with Crippen molar-refractivity contribution >= 4 is 21.4 Å². The van der Waals surface area contributed by atoms with E-state index in [4.69, 9.17) is 5.73 Å². The van der Waals surface area contributed by atoms with Crippen molar-refractivity contribution in [2.45, 2.75) is 40.2 Å². The molecule has 1 aromatic heterocycles. The van der Waals surface area contributed by atoms with Crippen LogP contribution < -0.4 is 5.73 Å². The highest BCUT2D eigenvalue weighted by Crippen LogP contribution is 2.36. The smallest absolute Gasteiger partial charge is 0.0380 e. The van der Waals surface area contributed by atoms with Crippen LogP contribution in [-0.2, 0) is 13.0 Å². The minimum Gasteiger partial charge on any atom is -0.326 e. The predicted molar refractivity (Wildman–Crippen MR) is 73.2 cm³/mol. The van der Waals surface area contributed by atoms with Crippen LogP contribution in [0.4, 0.5) is 0 Å². The van der Waals surface area contributed by atoms with Gasteiger partial charge in [0.1, 0.15) is 0 Å². The van der Waals surface area contributed by atoms with Gasteiger partial charge in [0.2, 0.25) is 0 Å². The summed E-state index contributed by atoms with van der Waals surface area (Å²) in [6, 6.07) is 4.44. The Labute approximate surface area is 101 Å². The SMILES string of the molecule is CCCc1c(CN)sc2c(C)ccc(C)c12. The van der Waals surface area contributed by atoms with Gasteiger partial charge >= 0.3 is 0 Å². The Morgan fingerprint density at radius 3 is 2.50 bits per heavy atom. The molecule has 0 bridgehead atoms. The number of rotatable bonds is 3. The number of hydrogen-bond acceptors (Lipinski definition) is 2. The normalized spacial score (nSPS) is 11.2. The molecule has 0 aliphatic heterocycles. The maximum absolute atomic E-state index is 5.86. The highest BCUT2D eigenvalue weighted by atomic mass is 32.1. The van der Waals surface area contributed by atoms with Crippen LogP contribution in [0.3, 0.4) is 0 Å². The van der Waals surface area contributed by atoms with Gasteiger partial charge in [-0.1, -0.05) is 25.5 Å². The Bertz CT molecular complexity index is 511. The highest BCUT2D eigenvalue weighted by Gasteiger charge is 2.13. The lowest BCUT2D eigenvalue weighted by Crippen LogP contribution is -1.97. The highest BCUT2D eigenvalue weighted by molar-refractivity contribution is 7.19. The largest absolute Gasteiger partial charge is 0.326 e. The van der Waals surface area contributed by atoms with Gasteiger partial charge in [0, 0.05) is 16.1 Å². The number of aryl methyl sites for hydroxylation is 3. The maximum Gasteiger partial charge on any atom is 0.0380 e. The van der Waals surface area contributed by atoms with Gasteiger partial charge in [0.25, 0.3) is 0 Å². The van der Waals surface area contributed by atoms with E-state index < -0.39 is 0 Å². The van der Waals surface area contributed by atoms with Gasteiger partial charge in [0.15, 0.2) is 0 Å². The van der Waals surface area contributed by atoms with Crippen molar-refractivity contribution in [1.29, 1.82) is 0 Å². The molecule has 0 unspecified atom stereocenters. The van der Waals surface area contributed by atoms with Crippen molar-refractivity contribution in [2.24, 2.45) is 5.73 Å². The standard InChI is InChI=1S/C14H19NS/c1-4-5-11-12(8-15)16-14-10(3)7-6-9(2)13(11)14/h6-7H,4-5,8,15H2,1-3H3. The zero-order valence-corrected chi connectivity index (χ0v) is 11.1. The molecule has 86 valence electrons. The third kappa shape index (κ3) is 1.76. The Kier molecular flexibility index (Phi) is 3.31. The molecule has 0 aliphatic rings. The molecule has 1 aromatic carbocycles. The molecule has 0 fully saturated rings. The van der Waals surface area contributed by atoms with E-state index in [1.165, 1.54) is 38.1 Å². The molecule has 2 heteroatoms.